The summed E-state index contributed by atoms with van der Waals surface area (Å²) in [6.45, 7) is 2.10. The largest absolute Gasteiger partial charge is 0.489 e. The Morgan fingerprint density at radius 1 is 0.852 bits per heavy atom. The number of nitrogens with one attached hydrogen (secondary N) is 1. The third kappa shape index (κ3) is 6.54. The minimum absolute atomic E-state index is 0.508. The number of halogens is 3. The summed E-state index contributed by atoms with van der Waals surface area (Å²) in [6.07, 6.45) is 0.926. The summed E-state index contributed by atoms with van der Waals surface area (Å²) in [5, 5.41) is 4.99. The smallest absolute Gasteiger partial charge is 0.124 e. The highest BCUT2D eigenvalue weighted by molar-refractivity contribution is 9.10. The van der Waals surface area contributed by atoms with E-state index in [0.29, 0.717) is 6.61 Å². The Bertz CT molecular complexity index is 884. The summed E-state index contributed by atoms with van der Waals surface area (Å²) >= 11 is 15.5. The Labute approximate surface area is 178 Å². The number of hydrogen-bond donors (Lipinski definition) is 1. The summed E-state index contributed by atoms with van der Waals surface area (Å²) < 4.78 is 7.06. The third-order valence-electron chi connectivity index (χ3n) is 4.13. The lowest BCUT2D eigenvalue weighted by atomic mass is 10.1. The van der Waals surface area contributed by atoms with E-state index in [9.17, 15) is 0 Å². The first-order valence-corrected chi connectivity index (χ1v) is 10.3. The Kier molecular flexibility index (Phi) is 7.59. The molecule has 27 heavy (non-hydrogen) atoms. The Morgan fingerprint density at radius 2 is 1.67 bits per heavy atom. The fraction of sp³-hybridized carbons (Fsp3) is 0.182. The second-order valence-electron chi connectivity index (χ2n) is 6.22. The van der Waals surface area contributed by atoms with Gasteiger partial charge in [0, 0.05) is 26.6 Å². The van der Waals surface area contributed by atoms with Gasteiger partial charge in [0.1, 0.15) is 12.4 Å². The van der Waals surface area contributed by atoms with Gasteiger partial charge in [-0.25, -0.2) is 0 Å². The highest BCUT2D eigenvalue weighted by Gasteiger charge is 2.06. The Hall–Kier alpha value is -1.52. The van der Waals surface area contributed by atoms with Crippen LogP contribution in [0.3, 0.4) is 0 Å². The first-order valence-electron chi connectivity index (χ1n) is 8.71. The van der Waals surface area contributed by atoms with Crippen molar-refractivity contribution in [3.05, 3.63) is 97.9 Å². The van der Waals surface area contributed by atoms with Crippen molar-refractivity contribution in [3.8, 4) is 5.75 Å². The van der Waals surface area contributed by atoms with E-state index in [1.165, 1.54) is 5.56 Å². The van der Waals surface area contributed by atoms with E-state index in [2.05, 4.69) is 33.4 Å². The van der Waals surface area contributed by atoms with Crippen molar-refractivity contribution in [3.63, 3.8) is 0 Å². The topological polar surface area (TPSA) is 21.3 Å². The fourth-order valence-electron chi connectivity index (χ4n) is 2.72. The van der Waals surface area contributed by atoms with Gasteiger partial charge < -0.3 is 10.1 Å². The van der Waals surface area contributed by atoms with Gasteiger partial charge >= 0.3 is 0 Å². The van der Waals surface area contributed by atoms with Crippen molar-refractivity contribution in [2.24, 2.45) is 0 Å². The first-order chi connectivity index (χ1) is 13.1. The molecule has 0 aliphatic heterocycles. The maximum atomic E-state index is 6.04. The quantitative estimate of drug-likeness (QED) is 0.376. The van der Waals surface area contributed by atoms with Gasteiger partial charge in [-0.1, -0.05) is 63.4 Å². The predicted octanol–water partition coefficient (Wildman–Crippen LogP) is 6.67. The van der Waals surface area contributed by atoms with E-state index in [4.69, 9.17) is 27.9 Å². The SMILES string of the molecule is Clc1ccc(COc2ccc(Br)cc2CNCCc2cccc(Cl)c2)cc1. The molecule has 0 aliphatic carbocycles. The molecule has 5 heteroatoms. The zero-order valence-electron chi connectivity index (χ0n) is 14.7. The van der Waals surface area contributed by atoms with Crippen LogP contribution in [-0.2, 0) is 19.6 Å². The van der Waals surface area contributed by atoms with Crippen LogP contribution in [0.15, 0.2) is 71.2 Å². The molecule has 0 amide bonds. The molecular weight excluding hydrogens is 445 g/mol. The van der Waals surface area contributed by atoms with Gasteiger partial charge in [0.05, 0.1) is 0 Å². The highest BCUT2D eigenvalue weighted by Crippen LogP contribution is 2.24. The van der Waals surface area contributed by atoms with Gasteiger partial charge in [-0.05, 0) is 66.6 Å². The Morgan fingerprint density at radius 3 is 2.44 bits per heavy atom. The van der Waals surface area contributed by atoms with E-state index in [1.54, 1.807) is 0 Å². The lowest BCUT2D eigenvalue weighted by molar-refractivity contribution is 0.302. The summed E-state index contributed by atoms with van der Waals surface area (Å²) in [4.78, 5) is 0. The fourth-order valence-corrected chi connectivity index (χ4v) is 3.46. The van der Waals surface area contributed by atoms with Gasteiger partial charge in [-0.15, -0.1) is 0 Å². The van der Waals surface area contributed by atoms with Crippen molar-refractivity contribution in [2.75, 3.05) is 6.54 Å². The third-order valence-corrected chi connectivity index (χ3v) is 5.11. The van der Waals surface area contributed by atoms with Crippen LogP contribution in [0.2, 0.25) is 10.0 Å². The van der Waals surface area contributed by atoms with Crippen molar-refractivity contribution < 1.29 is 4.74 Å². The van der Waals surface area contributed by atoms with Crippen LogP contribution in [0.5, 0.6) is 5.75 Å². The molecule has 0 atom stereocenters. The molecule has 0 fully saturated rings. The average Bonchev–Trinajstić information content (AvgIpc) is 2.66. The van der Waals surface area contributed by atoms with Crippen molar-refractivity contribution in [1.29, 1.82) is 0 Å². The standard InChI is InChI=1S/C22H20BrCl2NO/c23-19-6-9-22(27-15-17-4-7-20(24)8-5-17)18(13-19)14-26-11-10-16-2-1-3-21(25)12-16/h1-9,12-13,26H,10-11,14-15H2. The van der Waals surface area contributed by atoms with Crippen LogP contribution in [0, 0.1) is 0 Å². The average molecular weight is 465 g/mol. The van der Waals surface area contributed by atoms with Crippen LogP contribution in [0.4, 0.5) is 0 Å². The van der Waals surface area contributed by atoms with Crippen molar-refractivity contribution >= 4 is 39.1 Å². The number of benzene rings is 3. The van der Waals surface area contributed by atoms with E-state index in [0.717, 1.165) is 50.9 Å². The number of hydrogen-bond acceptors (Lipinski definition) is 2. The second-order valence-corrected chi connectivity index (χ2v) is 8.01. The van der Waals surface area contributed by atoms with Crippen LogP contribution < -0.4 is 10.1 Å². The molecule has 0 heterocycles. The van der Waals surface area contributed by atoms with Gasteiger partial charge in [0.25, 0.3) is 0 Å². The van der Waals surface area contributed by atoms with E-state index >= 15 is 0 Å². The lowest BCUT2D eigenvalue weighted by Crippen LogP contribution is -2.17. The zero-order valence-corrected chi connectivity index (χ0v) is 17.8. The van der Waals surface area contributed by atoms with Gasteiger partial charge in [-0.3, -0.25) is 0 Å². The molecule has 1 N–H and O–H groups in total. The normalized spacial score (nSPS) is 10.8. The minimum Gasteiger partial charge on any atom is -0.489 e. The second kappa shape index (κ2) is 10.1. The molecule has 0 bridgehead atoms. The monoisotopic (exact) mass is 463 g/mol. The Balaban J connectivity index is 1.56. The van der Waals surface area contributed by atoms with Crippen LogP contribution >= 0.6 is 39.1 Å². The molecule has 0 saturated carbocycles. The van der Waals surface area contributed by atoms with Crippen molar-refractivity contribution in [1.82, 2.24) is 5.32 Å². The predicted molar refractivity (Wildman–Crippen MR) is 117 cm³/mol. The molecule has 3 aromatic rings. The molecule has 2 nitrogen and oxygen atoms in total. The molecule has 0 radical (unpaired) electrons. The maximum absolute atomic E-state index is 6.04. The molecule has 0 aromatic heterocycles. The maximum Gasteiger partial charge on any atom is 0.124 e. The van der Waals surface area contributed by atoms with Gasteiger partial charge in [0.2, 0.25) is 0 Å². The molecule has 0 saturated heterocycles. The van der Waals surface area contributed by atoms with Crippen molar-refractivity contribution in [2.45, 2.75) is 19.6 Å². The van der Waals surface area contributed by atoms with Gasteiger partial charge in [-0.2, -0.15) is 0 Å². The zero-order chi connectivity index (χ0) is 19.1. The summed E-state index contributed by atoms with van der Waals surface area (Å²) in [5.41, 5.74) is 3.43. The molecular formula is C22H20BrCl2NO. The van der Waals surface area contributed by atoms with Gasteiger partial charge in [0.15, 0.2) is 0 Å². The molecule has 3 aromatic carbocycles. The molecule has 0 spiro atoms. The van der Waals surface area contributed by atoms with E-state index < -0.39 is 0 Å². The van der Waals surface area contributed by atoms with E-state index in [1.807, 2.05) is 54.6 Å². The number of ether oxygens (including phenoxy) is 1. The first kappa shape index (κ1) is 20.2. The molecule has 0 unspecified atom stereocenters. The molecule has 3 rings (SSSR count). The molecule has 140 valence electrons. The lowest BCUT2D eigenvalue weighted by Gasteiger charge is -2.13. The summed E-state index contributed by atoms with van der Waals surface area (Å²) in [6, 6.07) is 21.7. The van der Waals surface area contributed by atoms with E-state index in [-0.39, 0.29) is 0 Å². The molecule has 0 aliphatic rings. The highest BCUT2D eigenvalue weighted by atomic mass is 79.9. The minimum atomic E-state index is 0.508. The number of rotatable bonds is 8. The summed E-state index contributed by atoms with van der Waals surface area (Å²) in [7, 11) is 0. The van der Waals surface area contributed by atoms with Crippen LogP contribution in [-0.4, -0.2) is 6.54 Å². The summed E-state index contributed by atoms with van der Waals surface area (Å²) in [5.74, 6) is 0.878. The van der Waals surface area contributed by atoms with Crippen LogP contribution in [0.1, 0.15) is 16.7 Å². The van der Waals surface area contributed by atoms with Crippen LogP contribution in [0.25, 0.3) is 0 Å².